The van der Waals surface area contributed by atoms with Gasteiger partial charge in [-0.1, -0.05) is 12.1 Å². The Morgan fingerprint density at radius 2 is 2.00 bits per heavy atom. The smallest absolute Gasteiger partial charge is 0.285 e. The van der Waals surface area contributed by atoms with Gasteiger partial charge >= 0.3 is 0 Å². The molecule has 1 aromatic carbocycles. The number of hydrogen-bond donors (Lipinski definition) is 1. The van der Waals surface area contributed by atoms with Crippen LogP contribution in [0, 0.1) is 0 Å². The maximum absolute atomic E-state index is 11.8. The Balaban J connectivity index is 2.63. The predicted molar refractivity (Wildman–Crippen MR) is 67.7 cm³/mol. The van der Waals surface area contributed by atoms with E-state index in [4.69, 9.17) is 5.73 Å². The molecule has 0 radical (unpaired) electrons. The summed E-state index contributed by atoms with van der Waals surface area (Å²) in [7, 11) is -3.56. The molecule has 0 spiro atoms. The Morgan fingerprint density at radius 3 is 2.65 bits per heavy atom. The van der Waals surface area contributed by atoms with Crippen LogP contribution in [0.15, 0.2) is 33.6 Å². The van der Waals surface area contributed by atoms with Crippen molar-refractivity contribution in [3.8, 4) is 0 Å². The quantitative estimate of drug-likeness (QED) is 0.851. The molecule has 17 heavy (non-hydrogen) atoms. The summed E-state index contributed by atoms with van der Waals surface area (Å²) in [6.45, 7) is 4.27. The van der Waals surface area contributed by atoms with Crippen molar-refractivity contribution in [2.45, 2.75) is 24.3 Å². The Kier molecular flexibility index (Phi) is 2.71. The van der Waals surface area contributed by atoms with Gasteiger partial charge in [0, 0.05) is 6.54 Å². The van der Waals surface area contributed by atoms with Gasteiger partial charge in [0.15, 0.2) is 0 Å². The fourth-order valence-corrected chi connectivity index (χ4v) is 2.70. The topological polar surface area (TPSA) is 75.8 Å². The first-order valence-corrected chi connectivity index (χ1v) is 6.71. The molecule has 0 aliphatic carbocycles. The van der Waals surface area contributed by atoms with Gasteiger partial charge in [0.1, 0.15) is 11.2 Å². The van der Waals surface area contributed by atoms with Gasteiger partial charge in [-0.3, -0.25) is 0 Å². The average Bonchev–Trinajstić information content (AvgIpc) is 2.29. The minimum Gasteiger partial charge on any atom is -0.328 e. The van der Waals surface area contributed by atoms with Crippen molar-refractivity contribution < 1.29 is 8.42 Å². The fraction of sp³-hybridized carbons (Fsp3) is 0.364. The van der Waals surface area contributed by atoms with Gasteiger partial charge in [-0.25, -0.2) is 0 Å². The lowest BCUT2D eigenvalue weighted by Gasteiger charge is -2.38. The number of nitrogens with zero attached hydrogens (tertiary/aromatic N) is 2. The molecule has 5 nitrogen and oxygen atoms in total. The van der Waals surface area contributed by atoms with E-state index >= 15 is 0 Å². The molecule has 0 fully saturated rings. The molecule has 2 N–H and O–H groups in total. The van der Waals surface area contributed by atoms with Crippen LogP contribution in [0.25, 0.3) is 0 Å². The lowest BCUT2D eigenvalue weighted by atomic mass is 10.0. The molecular weight excluding hydrogens is 238 g/mol. The molecule has 0 amide bonds. The molecule has 1 aromatic rings. The molecule has 1 heterocycles. The fourth-order valence-electron chi connectivity index (χ4n) is 1.68. The predicted octanol–water partition coefficient (Wildman–Crippen LogP) is 0.961. The second-order valence-corrected chi connectivity index (χ2v) is 6.15. The van der Waals surface area contributed by atoms with Crippen LogP contribution >= 0.6 is 0 Å². The highest BCUT2D eigenvalue weighted by molar-refractivity contribution is 7.90. The van der Waals surface area contributed by atoms with E-state index in [1.165, 1.54) is 6.34 Å². The van der Waals surface area contributed by atoms with Gasteiger partial charge in [-0.05, 0) is 26.0 Å². The molecule has 1 aliphatic rings. The largest absolute Gasteiger partial charge is 0.328 e. The van der Waals surface area contributed by atoms with Gasteiger partial charge in [-0.15, -0.1) is 4.40 Å². The first-order valence-electron chi connectivity index (χ1n) is 5.27. The van der Waals surface area contributed by atoms with Crippen molar-refractivity contribution in [1.82, 2.24) is 0 Å². The average molecular weight is 253 g/mol. The van der Waals surface area contributed by atoms with Crippen LogP contribution in [0.2, 0.25) is 0 Å². The zero-order valence-corrected chi connectivity index (χ0v) is 10.6. The normalized spacial score (nSPS) is 17.9. The lowest BCUT2D eigenvalue weighted by Crippen LogP contribution is -2.50. The van der Waals surface area contributed by atoms with Crippen LogP contribution in [-0.4, -0.2) is 26.8 Å². The summed E-state index contributed by atoms with van der Waals surface area (Å²) in [5.74, 6) is 0. The SMILES string of the molecule is CC(C)(CN)N1C=NS(=O)(=O)c2ccccc21. The van der Waals surface area contributed by atoms with Crippen LogP contribution in [0.4, 0.5) is 5.69 Å². The van der Waals surface area contributed by atoms with Crippen LogP contribution in [-0.2, 0) is 10.0 Å². The molecule has 1 aliphatic heterocycles. The zero-order valence-electron chi connectivity index (χ0n) is 9.79. The van der Waals surface area contributed by atoms with E-state index in [0.717, 1.165) is 0 Å². The molecule has 0 unspecified atom stereocenters. The second-order valence-electron chi connectivity index (χ2n) is 4.55. The Bertz CT molecular complexity index is 564. The maximum atomic E-state index is 11.8. The number of benzene rings is 1. The van der Waals surface area contributed by atoms with Gasteiger partial charge in [0.05, 0.1) is 11.2 Å². The standard InChI is InChI=1S/C11H15N3O2S/c1-11(2,7-12)14-8-13-17(15,16)10-6-4-3-5-9(10)14/h3-6,8H,7,12H2,1-2H3. The third kappa shape index (κ3) is 1.94. The number of nitrogens with two attached hydrogens (primary N) is 1. The maximum Gasteiger partial charge on any atom is 0.285 e. The molecule has 0 atom stereocenters. The monoisotopic (exact) mass is 253 g/mol. The van der Waals surface area contributed by atoms with Crippen LogP contribution in [0.5, 0.6) is 0 Å². The number of anilines is 1. The van der Waals surface area contributed by atoms with Crippen molar-refractivity contribution in [3.05, 3.63) is 24.3 Å². The Morgan fingerprint density at radius 1 is 1.35 bits per heavy atom. The van der Waals surface area contributed by atoms with Crippen molar-refractivity contribution in [1.29, 1.82) is 0 Å². The van der Waals surface area contributed by atoms with E-state index in [0.29, 0.717) is 12.2 Å². The van der Waals surface area contributed by atoms with Crippen molar-refractivity contribution in [2.75, 3.05) is 11.4 Å². The van der Waals surface area contributed by atoms with Gasteiger partial charge < -0.3 is 10.6 Å². The first kappa shape index (κ1) is 12.1. The van der Waals surface area contributed by atoms with E-state index < -0.39 is 10.0 Å². The Hall–Kier alpha value is -1.40. The van der Waals surface area contributed by atoms with E-state index in [1.807, 2.05) is 13.8 Å². The number of para-hydroxylation sites is 1. The molecular formula is C11H15N3O2S. The van der Waals surface area contributed by atoms with Gasteiger partial charge in [-0.2, -0.15) is 8.42 Å². The third-order valence-electron chi connectivity index (χ3n) is 2.86. The number of sulfonamides is 1. The summed E-state index contributed by atoms with van der Waals surface area (Å²) in [4.78, 5) is 2.02. The van der Waals surface area contributed by atoms with E-state index in [9.17, 15) is 8.42 Å². The van der Waals surface area contributed by atoms with Crippen LogP contribution < -0.4 is 10.6 Å². The number of rotatable bonds is 2. The lowest BCUT2D eigenvalue weighted by molar-refractivity contribution is 0.525. The van der Waals surface area contributed by atoms with Crippen LogP contribution in [0.1, 0.15) is 13.8 Å². The summed E-state index contributed by atoms with van der Waals surface area (Å²) >= 11 is 0. The molecule has 0 aromatic heterocycles. The minimum atomic E-state index is -3.56. The first-order chi connectivity index (χ1) is 7.88. The van der Waals surface area contributed by atoms with E-state index in [1.54, 1.807) is 29.2 Å². The summed E-state index contributed by atoms with van der Waals surface area (Å²) in [6, 6.07) is 6.80. The molecule has 6 heteroatoms. The number of hydrogen-bond acceptors (Lipinski definition) is 4. The zero-order chi connectivity index (χ0) is 12.7. The van der Waals surface area contributed by atoms with Gasteiger partial charge in [0.2, 0.25) is 0 Å². The molecule has 0 saturated heterocycles. The second kappa shape index (κ2) is 3.82. The molecule has 92 valence electrons. The summed E-state index contributed by atoms with van der Waals surface area (Å²) < 4.78 is 27.2. The minimum absolute atomic E-state index is 0.226. The molecule has 0 saturated carbocycles. The summed E-state index contributed by atoms with van der Waals surface area (Å²) in [5.41, 5.74) is 5.95. The highest BCUT2D eigenvalue weighted by Gasteiger charge is 2.32. The Labute approximate surface area is 101 Å². The third-order valence-corrected chi connectivity index (χ3v) is 4.13. The summed E-state index contributed by atoms with van der Waals surface area (Å²) in [5, 5.41) is 0. The summed E-state index contributed by atoms with van der Waals surface area (Å²) in [6.07, 6.45) is 1.34. The van der Waals surface area contributed by atoms with E-state index in [-0.39, 0.29) is 10.4 Å². The number of fused-ring (bicyclic) bond motifs is 1. The van der Waals surface area contributed by atoms with Gasteiger partial charge in [0.25, 0.3) is 10.0 Å². The van der Waals surface area contributed by atoms with E-state index in [2.05, 4.69) is 4.40 Å². The van der Waals surface area contributed by atoms with Crippen molar-refractivity contribution >= 4 is 22.0 Å². The van der Waals surface area contributed by atoms with Crippen LogP contribution in [0.3, 0.4) is 0 Å². The molecule has 2 rings (SSSR count). The van der Waals surface area contributed by atoms with Crippen molar-refractivity contribution in [3.63, 3.8) is 0 Å². The van der Waals surface area contributed by atoms with Crippen molar-refractivity contribution in [2.24, 2.45) is 10.1 Å². The highest BCUT2D eigenvalue weighted by atomic mass is 32.2. The molecule has 0 bridgehead atoms. The highest BCUT2D eigenvalue weighted by Crippen LogP contribution is 2.33.